The Morgan fingerprint density at radius 3 is 2.63 bits per heavy atom. The number of thioether (sulfide) groups is 1. The Labute approximate surface area is 125 Å². The summed E-state index contributed by atoms with van der Waals surface area (Å²) < 4.78 is 42.3. The van der Waals surface area contributed by atoms with Crippen LogP contribution in [0.25, 0.3) is 0 Å². The number of carbonyl (C=O) groups excluding carboxylic acids is 1. The summed E-state index contributed by atoms with van der Waals surface area (Å²) in [6, 6.07) is 4.09. The van der Waals surface area contributed by atoms with Crippen molar-refractivity contribution in [1.29, 1.82) is 5.26 Å². The molecule has 8 heteroatoms. The number of benzene rings is 1. The van der Waals surface area contributed by atoms with Gasteiger partial charge in [-0.05, 0) is 53.4 Å². The number of nitriles is 1. The van der Waals surface area contributed by atoms with E-state index in [-0.39, 0.29) is 22.6 Å². The van der Waals surface area contributed by atoms with E-state index in [4.69, 9.17) is 10.00 Å². The Bertz CT molecular complexity index is 540. The van der Waals surface area contributed by atoms with E-state index in [0.29, 0.717) is 3.57 Å². The zero-order valence-electron chi connectivity index (χ0n) is 9.55. The molecule has 0 aliphatic heterocycles. The molecule has 19 heavy (non-hydrogen) atoms. The lowest BCUT2D eigenvalue weighted by Gasteiger charge is -2.11. The molecule has 1 rings (SSSR count). The van der Waals surface area contributed by atoms with Crippen molar-refractivity contribution >= 4 is 40.3 Å². The smallest absolute Gasteiger partial charge is 0.446 e. The second kappa shape index (κ2) is 6.47. The highest BCUT2D eigenvalue weighted by Gasteiger charge is 2.32. The molecule has 0 heterocycles. The number of carbonyl (C=O) groups is 1. The van der Waals surface area contributed by atoms with Crippen LogP contribution in [0.3, 0.4) is 0 Å². The van der Waals surface area contributed by atoms with Crippen molar-refractivity contribution in [3.63, 3.8) is 0 Å². The lowest BCUT2D eigenvalue weighted by molar-refractivity contribution is -0.0328. The van der Waals surface area contributed by atoms with Gasteiger partial charge in [-0.15, -0.1) is 0 Å². The molecular formula is C11H7F3INO2S. The third-order valence-electron chi connectivity index (χ3n) is 1.91. The maximum Gasteiger partial charge on any atom is 0.446 e. The first-order valence-electron chi connectivity index (χ1n) is 4.95. The van der Waals surface area contributed by atoms with Gasteiger partial charge in [0, 0.05) is 8.47 Å². The number of rotatable bonds is 3. The summed E-state index contributed by atoms with van der Waals surface area (Å²) in [5.74, 6) is -0.873. The fraction of sp³-hybridized carbons (Fsp3) is 0.273. The molecule has 0 saturated carbocycles. The number of nitrogens with zero attached hydrogens (tertiary/aromatic N) is 1. The minimum absolute atomic E-state index is 0.0445. The molecule has 0 aliphatic rings. The molecule has 1 aromatic rings. The van der Waals surface area contributed by atoms with Gasteiger partial charge in [-0.25, -0.2) is 4.79 Å². The largest absolute Gasteiger partial charge is 0.462 e. The van der Waals surface area contributed by atoms with Crippen molar-refractivity contribution in [2.24, 2.45) is 0 Å². The molecule has 0 spiro atoms. The number of esters is 1. The highest BCUT2D eigenvalue weighted by molar-refractivity contribution is 14.1. The second-order valence-electron chi connectivity index (χ2n) is 3.21. The van der Waals surface area contributed by atoms with Crippen LogP contribution in [0.4, 0.5) is 13.2 Å². The van der Waals surface area contributed by atoms with E-state index in [1.54, 1.807) is 29.5 Å². The second-order valence-corrected chi connectivity index (χ2v) is 5.48. The molecule has 0 amide bonds. The quantitative estimate of drug-likeness (QED) is 0.437. The molecule has 0 unspecified atom stereocenters. The molecule has 0 atom stereocenters. The van der Waals surface area contributed by atoms with Gasteiger partial charge in [-0.2, -0.15) is 18.4 Å². The minimum atomic E-state index is -4.52. The highest BCUT2D eigenvalue weighted by Crippen LogP contribution is 2.40. The molecule has 0 aromatic heterocycles. The van der Waals surface area contributed by atoms with Gasteiger partial charge >= 0.3 is 11.5 Å². The average molecular weight is 401 g/mol. The van der Waals surface area contributed by atoms with Crippen LogP contribution in [0, 0.1) is 14.9 Å². The lowest BCUT2D eigenvalue weighted by Crippen LogP contribution is -2.09. The van der Waals surface area contributed by atoms with Crippen LogP contribution in [0.15, 0.2) is 17.0 Å². The summed E-state index contributed by atoms with van der Waals surface area (Å²) >= 11 is 1.34. The summed E-state index contributed by atoms with van der Waals surface area (Å²) in [6.07, 6.45) is 0. The van der Waals surface area contributed by atoms with Crippen LogP contribution in [0.2, 0.25) is 0 Å². The zero-order chi connectivity index (χ0) is 14.6. The maximum absolute atomic E-state index is 12.4. The fourth-order valence-corrected chi connectivity index (χ4v) is 2.70. The van der Waals surface area contributed by atoms with Gasteiger partial charge in [0.25, 0.3) is 0 Å². The molecule has 102 valence electrons. The van der Waals surface area contributed by atoms with Crippen molar-refractivity contribution in [2.45, 2.75) is 17.3 Å². The van der Waals surface area contributed by atoms with Crippen LogP contribution in [-0.2, 0) is 4.74 Å². The molecule has 0 radical (unpaired) electrons. The minimum Gasteiger partial charge on any atom is -0.462 e. The first-order chi connectivity index (χ1) is 8.78. The van der Waals surface area contributed by atoms with E-state index in [1.807, 2.05) is 6.07 Å². The molecular weight excluding hydrogens is 394 g/mol. The van der Waals surface area contributed by atoms with E-state index in [0.717, 1.165) is 12.1 Å². The first kappa shape index (κ1) is 16.1. The summed E-state index contributed by atoms with van der Waals surface area (Å²) in [6.45, 7) is 1.59. The van der Waals surface area contributed by atoms with Crippen molar-refractivity contribution < 1.29 is 22.7 Å². The van der Waals surface area contributed by atoms with Crippen LogP contribution >= 0.6 is 34.4 Å². The molecule has 0 saturated heterocycles. The fourth-order valence-electron chi connectivity index (χ4n) is 1.22. The van der Waals surface area contributed by atoms with Crippen molar-refractivity contribution in [1.82, 2.24) is 0 Å². The zero-order valence-corrected chi connectivity index (χ0v) is 12.5. The lowest BCUT2D eigenvalue weighted by atomic mass is 10.1. The molecule has 0 bridgehead atoms. The van der Waals surface area contributed by atoms with Crippen LogP contribution in [-0.4, -0.2) is 18.1 Å². The van der Waals surface area contributed by atoms with Crippen LogP contribution < -0.4 is 0 Å². The van der Waals surface area contributed by atoms with Gasteiger partial charge in [0.05, 0.1) is 17.7 Å². The SMILES string of the molecule is CCOC(=O)c1cc(C#N)c(I)cc1SC(F)(F)F. The predicted octanol–water partition coefficient (Wildman–Crippen LogP) is 3.95. The van der Waals surface area contributed by atoms with Crippen LogP contribution in [0.1, 0.15) is 22.8 Å². The number of halogens is 4. The third kappa shape index (κ3) is 4.58. The standard InChI is InChI=1S/C11H7F3INO2S/c1-2-18-10(17)7-3-6(5-16)8(15)4-9(7)19-11(12,13)14/h3-4H,2H2,1H3. The monoisotopic (exact) mass is 401 g/mol. The Balaban J connectivity index is 3.31. The Morgan fingerprint density at radius 2 is 2.16 bits per heavy atom. The maximum atomic E-state index is 12.4. The van der Waals surface area contributed by atoms with Gasteiger partial charge in [-0.1, -0.05) is 0 Å². The van der Waals surface area contributed by atoms with Gasteiger partial charge in [0.15, 0.2) is 0 Å². The molecule has 0 aliphatic carbocycles. The summed E-state index contributed by atoms with van der Waals surface area (Å²) in [4.78, 5) is 11.3. The summed E-state index contributed by atoms with van der Waals surface area (Å²) in [7, 11) is 0. The van der Waals surface area contributed by atoms with Crippen LogP contribution in [0.5, 0.6) is 0 Å². The topological polar surface area (TPSA) is 50.1 Å². The van der Waals surface area contributed by atoms with Crippen molar-refractivity contribution in [2.75, 3.05) is 6.61 Å². The van der Waals surface area contributed by atoms with Gasteiger partial charge < -0.3 is 4.74 Å². The molecule has 0 N–H and O–H groups in total. The number of ether oxygens (including phenoxy) is 1. The van der Waals surface area contributed by atoms with Gasteiger partial charge in [0.1, 0.15) is 6.07 Å². The van der Waals surface area contributed by atoms with E-state index in [2.05, 4.69) is 0 Å². The summed E-state index contributed by atoms with van der Waals surface area (Å²) in [5.41, 5.74) is -4.63. The molecule has 1 aromatic carbocycles. The van der Waals surface area contributed by atoms with E-state index in [1.165, 1.54) is 0 Å². The number of hydrogen-bond acceptors (Lipinski definition) is 4. The van der Waals surface area contributed by atoms with E-state index >= 15 is 0 Å². The number of alkyl halides is 3. The van der Waals surface area contributed by atoms with E-state index < -0.39 is 23.2 Å². The molecule has 0 fully saturated rings. The van der Waals surface area contributed by atoms with Crippen molar-refractivity contribution in [3.05, 3.63) is 26.8 Å². The predicted molar refractivity (Wildman–Crippen MR) is 71.7 cm³/mol. The first-order valence-corrected chi connectivity index (χ1v) is 6.84. The Morgan fingerprint density at radius 1 is 1.53 bits per heavy atom. The van der Waals surface area contributed by atoms with Crippen molar-refractivity contribution in [3.8, 4) is 6.07 Å². The normalized spacial score (nSPS) is 10.9. The summed E-state index contributed by atoms with van der Waals surface area (Å²) in [5, 5.41) is 8.84. The Hall–Kier alpha value is -0.950. The molecule has 3 nitrogen and oxygen atoms in total. The number of hydrogen-bond donors (Lipinski definition) is 0. The average Bonchev–Trinajstić information content (AvgIpc) is 2.27. The Kier molecular flexibility index (Phi) is 5.49. The highest BCUT2D eigenvalue weighted by atomic mass is 127. The third-order valence-corrected chi connectivity index (χ3v) is 3.59. The van der Waals surface area contributed by atoms with E-state index in [9.17, 15) is 18.0 Å². The van der Waals surface area contributed by atoms with Gasteiger partial charge in [0.2, 0.25) is 0 Å². The van der Waals surface area contributed by atoms with Gasteiger partial charge in [-0.3, -0.25) is 0 Å².